The van der Waals surface area contributed by atoms with Crippen molar-refractivity contribution in [1.29, 1.82) is 0 Å². The van der Waals surface area contributed by atoms with E-state index in [1.165, 1.54) is 42.9 Å². The molecule has 2 aliphatic rings. The maximum Gasteiger partial charge on any atom is 0.414 e. The van der Waals surface area contributed by atoms with Crippen molar-refractivity contribution in [3.63, 3.8) is 0 Å². The van der Waals surface area contributed by atoms with Gasteiger partial charge in [0.15, 0.2) is 0 Å². The average Bonchev–Trinajstić information content (AvgIpc) is 3.25. The number of carbonyl (C=O) groups is 4. The molecule has 4 rings (SSSR count). The van der Waals surface area contributed by atoms with Gasteiger partial charge in [-0.1, -0.05) is 54.6 Å². The van der Waals surface area contributed by atoms with Crippen molar-refractivity contribution in [1.82, 2.24) is 9.80 Å². The van der Waals surface area contributed by atoms with Crippen molar-refractivity contribution in [2.24, 2.45) is 5.92 Å². The Morgan fingerprint density at radius 1 is 0.795 bits per heavy atom. The summed E-state index contributed by atoms with van der Waals surface area (Å²) in [7, 11) is 2.21. The number of fused-ring (bicyclic) bond motifs is 1. The third-order valence-corrected chi connectivity index (χ3v) is 6.49. The Bertz CT molecular complexity index is 1040. The summed E-state index contributed by atoms with van der Waals surface area (Å²) in [5, 5.41) is 29.6. The largest absolute Gasteiger partial charge is 0.473 e. The second kappa shape index (κ2) is 16.2. The zero-order valence-electron chi connectivity index (χ0n) is 21.9. The van der Waals surface area contributed by atoms with Gasteiger partial charge in [0.1, 0.15) is 0 Å². The fraction of sp³-hybridized carbons (Fsp3) is 0.429. The Morgan fingerprint density at radius 3 is 1.90 bits per heavy atom. The number of benzene rings is 2. The average molecular weight is 545 g/mol. The van der Waals surface area contributed by atoms with Crippen molar-refractivity contribution in [2.45, 2.75) is 25.4 Å². The van der Waals surface area contributed by atoms with Crippen LogP contribution in [0.1, 0.15) is 29.2 Å². The zero-order valence-corrected chi connectivity index (χ0v) is 21.9. The molecule has 39 heavy (non-hydrogen) atoms. The van der Waals surface area contributed by atoms with Crippen LogP contribution in [0.2, 0.25) is 0 Å². The Balaban J connectivity index is 0.000000374. The van der Waals surface area contributed by atoms with Crippen molar-refractivity contribution < 1.29 is 44.3 Å². The number of piperazine rings is 1. The molecule has 11 heteroatoms. The van der Waals surface area contributed by atoms with Crippen LogP contribution in [0.25, 0.3) is 0 Å². The van der Waals surface area contributed by atoms with E-state index in [-0.39, 0.29) is 6.10 Å². The molecule has 1 aliphatic carbocycles. The lowest BCUT2D eigenvalue weighted by Gasteiger charge is -2.32. The molecule has 2 aromatic carbocycles. The topological polar surface area (TPSA) is 165 Å². The molecule has 1 heterocycles. The minimum absolute atomic E-state index is 0.244. The van der Waals surface area contributed by atoms with E-state index < -0.39 is 23.9 Å². The van der Waals surface area contributed by atoms with E-state index in [1.807, 2.05) is 0 Å². The van der Waals surface area contributed by atoms with Gasteiger partial charge in [0.2, 0.25) is 0 Å². The monoisotopic (exact) mass is 544 g/mol. The van der Waals surface area contributed by atoms with Crippen LogP contribution >= 0.6 is 0 Å². The lowest BCUT2D eigenvalue weighted by Crippen LogP contribution is -2.44. The highest BCUT2D eigenvalue weighted by Gasteiger charge is 2.33. The molecule has 2 atom stereocenters. The Labute approximate surface area is 227 Å². The molecule has 11 nitrogen and oxygen atoms in total. The summed E-state index contributed by atoms with van der Waals surface area (Å²) < 4.78 is 6.49. The highest BCUT2D eigenvalue weighted by Crippen LogP contribution is 2.40. The number of hydrogen-bond donors (Lipinski definition) is 4. The fourth-order valence-corrected chi connectivity index (χ4v) is 4.53. The number of nitrogens with zero attached hydrogens (tertiary/aromatic N) is 2. The number of aliphatic carboxylic acids is 4. The Kier molecular flexibility index (Phi) is 13.1. The first-order valence-electron chi connectivity index (χ1n) is 12.6. The van der Waals surface area contributed by atoms with E-state index in [1.54, 1.807) is 0 Å². The number of ether oxygens (including phenoxy) is 1. The molecule has 1 fully saturated rings. The molecule has 212 valence electrons. The van der Waals surface area contributed by atoms with Gasteiger partial charge < -0.3 is 35.0 Å². The lowest BCUT2D eigenvalue weighted by molar-refractivity contribution is -0.159. The molecule has 0 unspecified atom stereocenters. The van der Waals surface area contributed by atoms with Gasteiger partial charge in [-0.2, -0.15) is 0 Å². The van der Waals surface area contributed by atoms with Crippen molar-refractivity contribution in [3.05, 3.63) is 71.3 Å². The highest BCUT2D eigenvalue weighted by molar-refractivity contribution is 6.27. The third kappa shape index (κ3) is 11.2. The molecule has 1 saturated heterocycles. The number of likely N-dealkylation sites (N-methyl/N-ethyl adjacent to an activating group) is 1. The van der Waals surface area contributed by atoms with Gasteiger partial charge >= 0.3 is 23.9 Å². The van der Waals surface area contributed by atoms with Gasteiger partial charge in [0, 0.05) is 39.3 Å². The maximum atomic E-state index is 9.10. The van der Waals surface area contributed by atoms with Crippen LogP contribution in [-0.4, -0.2) is 100 Å². The van der Waals surface area contributed by atoms with E-state index in [0.717, 1.165) is 32.4 Å². The predicted molar refractivity (Wildman–Crippen MR) is 142 cm³/mol. The van der Waals surface area contributed by atoms with E-state index in [4.69, 9.17) is 44.3 Å². The van der Waals surface area contributed by atoms with Gasteiger partial charge in [0.05, 0.1) is 6.10 Å². The predicted octanol–water partition coefficient (Wildman–Crippen LogP) is 2.11. The molecule has 4 N–H and O–H groups in total. The molecule has 0 bridgehead atoms. The molecular formula is C28H36N2O9. The van der Waals surface area contributed by atoms with Gasteiger partial charge in [-0.3, -0.25) is 0 Å². The van der Waals surface area contributed by atoms with Gasteiger partial charge in [0.25, 0.3) is 0 Å². The molecular weight excluding hydrogens is 508 g/mol. The van der Waals surface area contributed by atoms with Gasteiger partial charge in [-0.25, -0.2) is 19.2 Å². The molecule has 0 amide bonds. The number of carboxylic acid groups (broad SMARTS) is 4. The van der Waals surface area contributed by atoms with E-state index in [2.05, 4.69) is 71.4 Å². The lowest BCUT2D eigenvalue weighted by atomic mass is 9.94. The van der Waals surface area contributed by atoms with Crippen LogP contribution in [-0.2, 0) is 36.8 Å². The van der Waals surface area contributed by atoms with Gasteiger partial charge in [-0.15, -0.1) is 0 Å². The first kappa shape index (κ1) is 31.4. The van der Waals surface area contributed by atoms with Crippen LogP contribution < -0.4 is 0 Å². The van der Waals surface area contributed by atoms with Gasteiger partial charge in [-0.05, 0) is 48.9 Å². The van der Waals surface area contributed by atoms with Crippen LogP contribution in [0.15, 0.2) is 54.6 Å². The zero-order chi connectivity index (χ0) is 28.8. The first-order valence-corrected chi connectivity index (χ1v) is 12.6. The molecule has 0 saturated carbocycles. The van der Waals surface area contributed by atoms with Crippen molar-refractivity contribution in [3.8, 4) is 0 Å². The summed E-state index contributed by atoms with van der Waals surface area (Å²) in [5.41, 5.74) is 4.31. The summed E-state index contributed by atoms with van der Waals surface area (Å²) in [4.78, 5) is 41.4. The first-order chi connectivity index (χ1) is 18.6. The van der Waals surface area contributed by atoms with E-state index in [0.29, 0.717) is 5.92 Å². The second-order valence-electron chi connectivity index (χ2n) is 9.36. The van der Waals surface area contributed by atoms with Crippen LogP contribution in [0.3, 0.4) is 0 Å². The molecule has 0 spiro atoms. The normalized spacial score (nSPS) is 18.5. The summed E-state index contributed by atoms with van der Waals surface area (Å²) in [6.45, 7) is 6.78. The van der Waals surface area contributed by atoms with E-state index in [9.17, 15) is 0 Å². The fourth-order valence-electron chi connectivity index (χ4n) is 4.53. The third-order valence-electron chi connectivity index (χ3n) is 6.49. The maximum absolute atomic E-state index is 9.10. The summed E-state index contributed by atoms with van der Waals surface area (Å²) >= 11 is 0. The highest BCUT2D eigenvalue weighted by atomic mass is 16.5. The standard InChI is InChI=1S/C24H32N2O.2C2H2O4/c1-25-13-15-26(16-14-25)12-7-17-27-24-22(18-20-8-3-2-4-9-20)19-21-10-5-6-11-23(21)24;2*3-1(4)2(5)6/h2-6,8-11,22,24H,7,12-19H2,1H3;2*(H,3,4)(H,5,6)/t22-,24+;;/m1../s1. The molecule has 2 aromatic rings. The Hall–Kier alpha value is -3.80. The smallest absolute Gasteiger partial charge is 0.414 e. The summed E-state index contributed by atoms with van der Waals surface area (Å²) in [6.07, 6.45) is 3.60. The summed E-state index contributed by atoms with van der Waals surface area (Å²) in [5.74, 6) is -6.75. The Morgan fingerprint density at radius 2 is 1.33 bits per heavy atom. The second-order valence-corrected chi connectivity index (χ2v) is 9.36. The number of rotatable bonds is 7. The van der Waals surface area contributed by atoms with E-state index >= 15 is 0 Å². The van der Waals surface area contributed by atoms with Crippen molar-refractivity contribution in [2.75, 3.05) is 46.4 Å². The van der Waals surface area contributed by atoms with Crippen LogP contribution in [0, 0.1) is 5.92 Å². The minimum atomic E-state index is -1.82. The number of hydrogen-bond acceptors (Lipinski definition) is 7. The van der Waals surface area contributed by atoms with Crippen LogP contribution in [0.4, 0.5) is 0 Å². The number of carboxylic acids is 4. The van der Waals surface area contributed by atoms with Crippen LogP contribution in [0.5, 0.6) is 0 Å². The quantitative estimate of drug-likeness (QED) is 0.298. The SMILES string of the molecule is CN1CCN(CCCO[C@@H]2c3ccccc3C[C@H]2Cc2ccccc2)CC1.O=C(O)C(=O)O.O=C(O)C(=O)O. The minimum Gasteiger partial charge on any atom is -0.473 e. The summed E-state index contributed by atoms with van der Waals surface area (Å²) in [6, 6.07) is 19.7. The molecule has 0 aromatic heterocycles. The molecule has 1 aliphatic heterocycles. The van der Waals surface area contributed by atoms with Crippen molar-refractivity contribution >= 4 is 23.9 Å². The molecule has 0 radical (unpaired) electrons.